The van der Waals surface area contributed by atoms with Gasteiger partial charge in [0, 0.05) is 6.20 Å². The minimum Gasteiger partial charge on any atom is -0.322 e. The molecule has 0 unspecified atom stereocenters. The quantitative estimate of drug-likeness (QED) is 0.800. The van der Waals surface area contributed by atoms with Gasteiger partial charge < -0.3 is 5.32 Å². The van der Waals surface area contributed by atoms with Gasteiger partial charge in [0.15, 0.2) is 5.65 Å². The number of rotatable bonds is 4. The van der Waals surface area contributed by atoms with E-state index in [0.717, 1.165) is 22.7 Å². The second kappa shape index (κ2) is 6.07. The van der Waals surface area contributed by atoms with Gasteiger partial charge in [-0.2, -0.15) is 5.10 Å². The monoisotopic (exact) mass is 320 g/mol. The van der Waals surface area contributed by atoms with Crippen LogP contribution in [0.25, 0.3) is 5.65 Å². The third-order valence-corrected chi connectivity index (χ3v) is 4.84. The number of hydrogen-bond donors (Lipinski definition) is 1. The minimum atomic E-state index is -0.0365. The average molecular weight is 320 g/mol. The van der Waals surface area contributed by atoms with E-state index in [4.69, 9.17) is 0 Å². The molecule has 5 heteroatoms. The third-order valence-electron chi connectivity index (χ3n) is 4.84. The molecule has 122 valence electrons. The number of amides is 1. The topological polar surface area (TPSA) is 59.3 Å². The fourth-order valence-corrected chi connectivity index (χ4v) is 3.15. The Balaban J connectivity index is 1.48. The molecule has 1 aliphatic carbocycles. The van der Waals surface area contributed by atoms with Crippen LogP contribution in [0.2, 0.25) is 0 Å². The molecule has 1 saturated carbocycles. The first-order valence-corrected chi connectivity index (χ1v) is 8.38. The standard InChI is InChI=1S/C19H20N4O/c1-13-9-10-23-19(20-12-21-23)18(13)22-17(24)11-14-5-7-16(8-6-14)15-3-2-4-15/h5-10,12,15H,2-4,11H2,1H3,(H,22,24). The molecule has 5 nitrogen and oxygen atoms in total. The first-order chi connectivity index (χ1) is 11.7. The fourth-order valence-electron chi connectivity index (χ4n) is 3.15. The largest absolute Gasteiger partial charge is 0.322 e. The Kier molecular flexibility index (Phi) is 3.76. The van der Waals surface area contributed by atoms with Gasteiger partial charge >= 0.3 is 0 Å². The summed E-state index contributed by atoms with van der Waals surface area (Å²) in [6, 6.07) is 10.4. The minimum absolute atomic E-state index is 0.0365. The molecule has 2 heterocycles. The number of hydrogen-bond acceptors (Lipinski definition) is 3. The second-order valence-electron chi connectivity index (χ2n) is 6.50. The van der Waals surface area contributed by atoms with Crippen molar-refractivity contribution in [3.63, 3.8) is 0 Å². The number of aryl methyl sites for hydroxylation is 1. The van der Waals surface area contributed by atoms with Crippen molar-refractivity contribution in [1.82, 2.24) is 14.6 Å². The van der Waals surface area contributed by atoms with E-state index in [-0.39, 0.29) is 5.91 Å². The van der Waals surface area contributed by atoms with Crippen molar-refractivity contribution in [1.29, 1.82) is 0 Å². The number of carbonyl (C=O) groups is 1. The van der Waals surface area contributed by atoms with Crippen molar-refractivity contribution in [3.05, 3.63) is 59.5 Å². The Morgan fingerprint density at radius 1 is 1.25 bits per heavy atom. The number of benzene rings is 1. The van der Waals surface area contributed by atoms with E-state index < -0.39 is 0 Å². The summed E-state index contributed by atoms with van der Waals surface area (Å²) < 4.78 is 1.66. The summed E-state index contributed by atoms with van der Waals surface area (Å²) in [5.74, 6) is 0.687. The van der Waals surface area contributed by atoms with Gasteiger partial charge in [-0.05, 0) is 48.4 Å². The van der Waals surface area contributed by atoms with Crippen molar-refractivity contribution in [2.45, 2.75) is 38.5 Å². The molecule has 0 radical (unpaired) electrons. The average Bonchev–Trinajstić information content (AvgIpc) is 2.99. The Labute approximate surface area is 140 Å². The smallest absolute Gasteiger partial charge is 0.228 e. The van der Waals surface area contributed by atoms with Crippen molar-refractivity contribution in [3.8, 4) is 0 Å². The van der Waals surface area contributed by atoms with Crippen LogP contribution in [0.15, 0.2) is 42.9 Å². The van der Waals surface area contributed by atoms with Gasteiger partial charge in [-0.3, -0.25) is 4.79 Å². The molecule has 2 aromatic heterocycles. The lowest BCUT2D eigenvalue weighted by atomic mass is 9.80. The molecule has 1 aliphatic rings. The van der Waals surface area contributed by atoms with Crippen LogP contribution in [0.1, 0.15) is 41.9 Å². The van der Waals surface area contributed by atoms with E-state index in [1.165, 1.54) is 31.2 Å². The highest BCUT2D eigenvalue weighted by molar-refractivity contribution is 5.96. The summed E-state index contributed by atoms with van der Waals surface area (Å²) in [5.41, 5.74) is 4.80. The number of carbonyl (C=O) groups excluding carboxylic acids is 1. The van der Waals surface area contributed by atoms with Crippen LogP contribution >= 0.6 is 0 Å². The van der Waals surface area contributed by atoms with Crippen LogP contribution in [0.3, 0.4) is 0 Å². The van der Waals surface area contributed by atoms with Gasteiger partial charge in [-0.1, -0.05) is 30.7 Å². The summed E-state index contributed by atoms with van der Waals surface area (Å²) in [5, 5.41) is 7.09. The number of fused-ring (bicyclic) bond motifs is 1. The van der Waals surface area contributed by atoms with Gasteiger partial charge in [0.25, 0.3) is 0 Å². The summed E-state index contributed by atoms with van der Waals surface area (Å²) in [6.45, 7) is 1.96. The highest BCUT2D eigenvalue weighted by Gasteiger charge is 2.19. The van der Waals surface area contributed by atoms with Crippen LogP contribution < -0.4 is 5.32 Å². The van der Waals surface area contributed by atoms with Crippen LogP contribution in [-0.4, -0.2) is 20.5 Å². The molecule has 24 heavy (non-hydrogen) atoms. The molecule has 0 bridgehead atoms. The molecule has 0 aliphatic heterocycles. The zero-order valence-corrected chi connectivity index (χ0v) is 13.7. The Hall–Kier alpha value is -2.69. The molecule has 4 rings (SSSR count). The molecular weight excluding hydrogens is 300 g/mol. The lowest BCUT2D eigenvalue weighted by Crippen LogP contribution is -2.16. The lowest BCUT2D eigenvalue weighted by molar-refractivity contribution is -0.115. The number of anilines is 1. The van der Waals surface area contributed by atoms with Crippen LogP contribution in [0, 0.1) is 6.92 Å². The summed E-state index contributed by atoms with van der Waals surface area (Å²) in [7, 11) is 0. The molecule has 0 atom stereocenters. The number of nitrogens with one attached hydrogen (secondary N) is 1. The van der Waals surface area contributed by atoms with Gasteiger partial charge in [0.1, 0.15) is 6.33 Å². The molecular formula is C19H20N4O. The fraction of sp³-hybridized carbons (Fsp3) is 0.316. The summed E-state index contributed by atoms with van der Waals surface area (Å²) in [6.07, 6.45) is 7.61. The second-order valence-corrected chi connectivity index (χ2v) is 6.50. The number of nitrogens with zero attached hydrogens (tertiary/aromatic N) is 3. The van der Waals surface area contributed by atoms with Gasteiger partial charge in [0.05, 0.1) is 12.1 Å². The molecule has 1 aromatic carbocycles. The zero-order valence-electron chi connectivity index (χ0n) is 13.7. The maximum Gasteiger partial charge on any atom is 0.228 e. The van der Waals surface area contributed by atoms with Crippen LogP contribution in [-0.2, 0) is 11.2 Å². The van der Waals surface area contributed by atoms with E-state index in [1.807, 2.05) is 19.2 Å². The number of aromatic nitrogens is 3. The molecule has 3 aromatic rings. The van der Waals surface area contributed by atoms with Crippen molar-refractivity contribution in [2.24, 2.45) is 0 Å². The predicted molar refractivity (Wildman–Crippen MR) is 93.1 cm³/mol. The zero-order chi connectivity index (χ0) is 16.5. The maximum absolute atomic E-state index is 12.4. The molecule has 0 saturated heterocycles. The van der Waals surface area contributed by atoms with Gasteiger partial charge in [0.2, 0.25) is 5.91 Å². The maximum atomic E-state index is 12.4. The highest BCUT2D eigenvalue weighted by Crippen LogP contribution is 2.36. The Morgan fingerprint density at radius 3 is 2.75 bits per heavy atom. The van der Waals surface area contributed by atoms with E-state index in [0.29, 0.717) is 12.1 Å². The SMILES string of the molecule is Cc1ccn2ncnc2c1NC(=O)Cc1ccc(C2CCC2)cc1. The molecule has 0 spiro atoms. The first-order valence-electron chi connectivity index (χ1n) is 8.38. The van der Waals surface area contributed by atoms with Gasteiger partial charge in [-0.25, -0.2) is 9.50 Å². The lowest BCUT2D eigenvalue weighted by Gasteiger charge is -2.25. The highest BCUT2D eigenvalue weighted by atomic mass is 16.1. The Morgan fingerprint density at radius 2 is 2.04 bits per heavy atom. The predicted octanol–water partition coefficient (Wildman–Crippen LogP) is 3.49. The van der Waals surface area contributed by atoms with E-state index >= 15 is 0 Å². The molecule has 1 fully saturated rings. The van der Waals surface area contributed by atoms with Crippen LogP contribution in [0.4, 0.5) is 5.69 Å². The molecule has 1 N–H and O–H groups in total. The van der Waals surface area contributed by atoms with Crippen LogP contribution in [0.5, 0.6) is 0 Å². The third kappa shape index (κ3) is 2.77. The normalized spacial score (nSPS) is 14.5. The van der Waals surface area contributed by atoms with E-state index in [9.17, 15) is 4.79 Å². The molecule has 1 amide bonds. The number of pyridine rings is 1. The van der Waals surface area contributed by atoms with E-state index in [1.54, 1.807) is 4.52 Å². The summed E-state index contributed by atoms with van der Waals surface area (Å²) in [4.78, 5) is 16.6. The van der Waals surface area contributed by atoms with Crippen molar-refractivity contribution >= 4 is 17.2 Å². The first kappa shape index (κ1) is 14.9. The van der Waals surface area contributed by atoms with Gasteiger partial charge in [-0.15, -0.1) is 0 Å². The Bertz CT molecular complexity index is 878. The summed E-state index contributed by atoms with van der Waals surface area (Å²) >= 11 is 0. The van der Waals surface area contributed by atoms with E-state index in [2.05, 4.69) is 39.7 Å². The van der Waals surface area contributed by atoms with Crippen molar-refractivity contribution in [2.75, 3.05) is 5.32 Å². The van der Waals surface area contributed by atoms with Crippen molar-refractivity contribution < 1.29 is 4.79 Å².